The first-order valence-electron chi connectivity index (χ1n) is 5.50. The van der Waals surface area contributed by atoms with Crippen molar-refractivity contribution in [1.82, 2.24) is 0 Å². The number of ether oxygens (including phenoxy) is 1. The zero-order valence-corrected chi connectivity index (χ0v) is 10.2. The van der Waals surface area contributed by atoms with Crippen molar-refractivity contribution in [1.29, 1.82) is 0 Å². The summed E-state index contributed by atoms with van der Waals surface area (Å²) in [4.78, 5) is 0. The lowest BCUT2D eigenvalue weighted by atomic mass is 10.00. The Kier molecular flexibility index (Phi) is 3.20. The highest BCUT2D eigenvalue weighted by Gasteiger charge is 2.18. The molecule has 0 fully saturated rings. The van der Waals surface area contributed by atoms with Gasteiger partial charge >= 0.3 is 0 Å². The SMILES string of the molecule is COc1ccc(C(O)c2occc2C)c(C)c1. The normalized spacial score (nSPS) is 12.5. The summed E-state index contributed by atoms with van der Waals surface area (Å²) in [5, 5.41) is 10.3. The molecule has 0 saturated heterocycles. The van der Waals surface area contributed by atoms with Gasteiger partial charge in [-0.15, -0.1) is 0 Å². The number of benzene rings is 1. The van der Waals surface area contributed by atoms with Crippen LogP contribution >= 0.6 is 0 Å². The summed E-state index contributed by atoms with van der Waals surface area (Å²) < 4.78 is 10.4. The van der Waals surface area contributed by atoms with Gasteiger partial charge in [0.1, 0.15) is 17.6 Å². The van der Waals surface area contributed by atoms with E-state index in [0.29, 0.717) is 5.76 Å². The Labute approximate surface area is 101 Å². The standard InChI is InChI=1S/C14H16O3/c1-9-6-7-17-14(9)13(15)12-5-4-11(16-3)8-10(12)2/h4-8,13,15H,1-3H3. The maximum absolute atomic E-state index is 10.3. The highest BCUT2D eigenvalue weighted by molar-refractivity contribution is 5.39. The summed E-state index contributed by atoms with van der Waals surface area (Å²) in [6.07, 6.45) is 0.864. The highest BCUT2D eigenvalue weighted by atomic mass is 16.5. The van der Waals surface area contributed by atoms with Crippen molar-refractivity contribution in [2.45, 2.75) is 20.0 Å². The zero-order chi connectivity index (χ0) is 12.4. The van der Waals surface area contributed by atoms with Gasteiger partial charge < -0.3 is 14.3 Å². The maximum Gasteiger partial charge on any atom is 0.139 e. The van der Waals surface area contributed by atoms with Crippen LogP contribution in [0.4, 0.5) is 0 Å². The number of aliphatic hydroxyl groups is 1. The number of hydrogen-bond donors (Lipinski definition) is 1. The van der Waals surface area contributed by atoms with Gasteiger partial charge in [-0.3, -0.25) is 0 Å². The van der Waals surface area contributed by atoms with Gasteiger partial charge in [-0.2, -0.15) is 0 Å². The fourth-order valence-corrected chi connectivity index (χ4v) is 1.89. The van der Waals surface area contributed by atoms with Crippen molar-refractivity contribution in [3.63, 3.8) is 0 Å². The Morgan fingerprint density at radius 3 is 2.47 bits per heavy atom. The van der Waals surface area contributed by atoms with Crippen molar-refractivity contribution >= 4 is 0 Å². The van der Waals surface area contributed by atoms with E-state index in [4.69, 9.17) is 9.15 Å². The molecule has 1 heterocycles. The second-order valence-corrected chi connectivity index (χ2v) is 4.09. The largest absolute Gasteiger partial charge is 0.497 e. The Bertz CT molecular complexity index is 514. The summed E-state index contributed by atoms with van der Waals surface area (Å²) in [5.41, 5.74) is 2.77. The van der Waals surface area contributed by atoms with Crippen LogP contribution in [-0.2, 0) is 0 Å². The van der Waals surface area contributed by atoms with Crippen LogP contribution in [0.15, 0.2) is 34.9 Å². The van der Waals surface area contributed by atoms with Gasteiger partial charge in [0.25, 0.3) is 0 Å². The Morgan fingerprint density at radius 2 is 1.94 bits per heavy atom. The van der Waals surface area contributed by atoms with Crippen LogP contribution in [0.5, 0.6) is 5.75 Å². The zero-order valence-electron chi connectivity index (χ0n) is 10.2. The number of aryl methyl sites for hydroxylation is 2. The smallest absolute Gasteiger partial charge is 0.139 e. The van der Waals surface area contributed by atoms with Gasteiger partial charge in [-0.05, 0) is 48.7 Å². The molecule has 1 atom stereocenters. The van der Waals surface area contributed by atoms with Gasteiger partial charge in [0.15, 0.2) is 0 Å². The number of methoxy groups -OCH3 is 1. The first-order chi connectivity index (χ1) is 8.13. The molecule has 1 aromatic carbocycles. The van der Waals surface area contributed by atoms with Crippen LogP contribution in [0.3, 0.4) is 0 Å². The molecule has 17 heavy (non-hydrogen) atoms. The minimum Gasteiger partial charge on any atom is -0.497 e. The molecule has 0 bridgehead atoms. The predicted molar refractivity (Wildman–Crippen MR) is 65.2 cm³/mol. The molecule has 90 valence electrons. The molecule has 0 aliphatic rings. The Balaban J connectivity index is 2.38. The van der Waals surface area contributed by atoms with E-state index in [0.717, 1.165) is 22.4 Å². The molecule has 2 rings (SSSR count). The molecule has 0 amide bonds. The average molecular weight is 232 g/mol. The lowest BCUT2D eigenvalue weighted by molar-refractivity contribution is 0.187. The predicted octanol–water partition coefficient (Wildman–Crippen LogP) is 2.99. The topological polar surface area (TPSA) is 42.6 Å². The Hall–Kier alpha value is -1.74. The average Bonchev–Trinajstić information content (AvgIpc) is 2.74. The summed E-state index contributed by atoms with van der Waals surface area (Å²) >= 11 is 0. The Morgan fingerprint density at radius 1 is 1.18 bits per heavy atom. The molecule has 3 nitrogen and oxygen atoms in total. The molecule has 0 spiro atoms. The molecular weight excluding hydrogens is 216 g/mol. The van der Waals surface area contributed by atoms with Gasteiger partial charge in [-0.25, -0.2) is 0 Å². The highest BCUT2D eigenvalue weighted by Crippen LogP contribution is 2.29. The van der Waals surface area contributed by atoms with E-state index in [1.807, 2.05) is 38.1 Å². The van der Waals surface area contributed by atoms with Crippen LogP contribution in [0.2, 0.25) is 0 Å². The van der Waals surface area contributed by atoms with Crippen LogP contribution in [0, 0.1) is 13.8 Å². The molecule has 0 radical (unpaired) electrons. The first-order valence-corrected chi connectivity index (χ1v) is 5.50. The quantitative estimate of drug-likeness (QED) is 0.884. The van der Waals surface area contributed by atoms with Gasteiger partial charge in [0.05, 0.1) is 13.4 Å². The van der Waals surface area contributed by atoms with Crippen LogP contribution in [-0.4, -0.2) is 12.2 Å². The third-order valence-corrected chi connectivity index (χ3v) is 2.92. The third kappa shape index (κ3) is 2.19. The van der Waals surface area contributed by atoms with Gasteiger partial charge in [0.2, 0.25) is 0 Å². The van der Waals surface area contributed by atoms with E-state index in [2.05, 4.69) is 0 Å². The summed E-state index contributed by atoms with van der Waals surface area (Å²) in [6.45, 7) is 3.86. The number of aliphatic hydroxyl groups excluding tert-OH is 1. The van der Waals surface area contributed by atoms with Crippen LogP contribution in [0.1, 0.15) is 28.6 Å². The van der Waals surface area contributed by atoms with E-state index in [-0.39, 0.29) is 0 Å². The van der Waals surface area contributed by atoms with Crippen molar-refractivity contribution in [3.8, 4) is 5.75 Å². The number of hydrogen-bond acceptors (Lipinski definition) is 3. The maximum atomic E-state index is 10.3. The number of furan rings is 1. The van der Waals surface area contributed by atoms with Crippen molar-refractivity contribution in [2.24, 2.45) is 0 Å². The fraction of sp³-hybridized carbons (Fsp3) is 0.286. The van der Waals surface area contributed by atoms with E-state index in [1.165, 1.54) is 0 Å². The van der Waals surface area contributed by atoms with Gasteiger partial charge in [0, 0.05) is 0 Å². The van der Waals surface area contributed by atoms with E-state index < -0.39 is 6.10 Å². The fourth-order valence-electron chi connectivity index (χ4n) is 1.89. The molecule has 0 saturated carbocycles. The van der Waals surface area contributed by atoms with Crippen molar-refractivity contribution < 1.29 is 14.3 Å². The minimum atomic E-state index is -0.726. The molecule has 2 aromatic rings. The summed E-state index contributed by atoms with van der Waals surface area (Å²) in [6, 6.07) is 7.44. The van der Waals surface area contributed by atoms with Crippen LogP contribution < -0.4 is 4.74 Å². The first kappa shape index (κ1) is 11.7. The lowest BCUT2D eigenvalue weighted by Crippen LogP contribution is -2.02. The summed E-state index contributed by atoms with van der Waals surface area (Å²) in [5.74, 6) is 1.38. The van der Waals surface area contributed by atoms with E-state index in [9.17, 15) is 5.11 Å². The molecular formula is C14H16O3. The monoisotopic (exact) mass is 232 g/mol. The molecule has 0 aliphatic carbocycles. The second kappa shape index (κ2) is 4.63. The van der Waals surface area contributed by atoms with E-state index in [1.54, 1.807) is 13.4 Å². The lowest BCUT2D eigenvalue weighted by Gasteiger charge is -2.13. The third-order valence-electron chi connectivity index (χ3n) is 2.92. The van der Waals surface area contributed by atoms with Crippen molar-refractivity contribution in [2.75, 3.05) is 7.11 Å². The van der Waals surface area contributed by atoms with E-state index >= 15 is 0 Å². The molecule has 3 heteroatoms. The summed E-state index contributed by atoms with van der Waals surface area (Å²) in [7, 11) is 1.63. The molecule has 1 unspecified atom stereocenters. The van der Waals surface area contributed by atoms with Crippen LogP contribution in [0.25, 0.3) is 0 Å². The minimum absolute atomic E-state index is 0.596. The number of rotatable bonds is 3. The molecule has 1 aromatic heterocycles. The second-order valence-electron chi connectivity index (χ2n) is 4.09. The van der Waals surface area contributed by atoms with Gasteiger partial charge in [-0.1, -0.05) is 6.07 Å². The van der Waals surface area contributed by atoms with Crippen molar-refractivity contribution in [3.05, 3.63) is 53.0 Å². The molecule has 1 N–H and O–H groups in total. The molecule has 0 aliphatic heterocycles.